The molecule has 3 nitrogen and oxygen atoms in total. The third-order valence-corrected chi connectivity index (χ3v) is 11.3. The lowest BCUT2D eigenvalue weighted by molar-refractivity contribution is 0.487. The number of hydrogen-bond donors (Lipinski definition) is 0. The summed E-state index contributed by atoms with van der Waals surface area (Å²) in [5, 5.41) is 9.75. The molecule has 0 atom stereocenters. The first-order valence-electron chi connectivity index (χ1n) is 18.2. The maximum Gasteiger partial charge on any atom is 0.138 e. The van der Waals surface area contributed by atoms with E-state index in [4.69, 9.17) is 4.74 Å². The summed E-state index contributed by atoms with van der Waals surface area (Å²) in [6.45, 7) is 0. The van der Waals surface area contributed by atoms with Crippen LogP contribution in [0.4, 0.5) is 0 Å². The normalized spacial score (nSPS) is 12.3. The van der Waals surface area contributed by atoms with Gasteiger partial charge in [-0.2, -0.15) is 0 Å². The molecule has 11 aromatic rings. The first-order chi connectivity index (χ1) is 26.3. The zero-order valence-corrected chi connectivity index (χ0v) is 28.6. The van der Waals surface area contributed by atoms with Crippen LogP contribution in [0.15, 0.2) is 182 Å². The Morgan fingerprint density at radius 2 is 0.981 bits per heavy atom. The zero-order chi connectivity index (χ0) is 34.6. The third-order valence-electron chi connectivity index (χ3n) is 11.3. The van der Waals surface area contributed by atoms with Crippen LogP contribution in [0.2, 0.25) is 0 Å². The molecule has 0 aliphatic carbocycles. The first kappa shape index (κ1) is 28.6. The third kappa shape index (κ3) is 3.99. The van der Waals surface area contributed by atoms with E-state index in [0.29, 0.717) is 0 Å². The molecule has 1 aliphatic heterocycles. The second-order valence-corrected chi connectivity index (χ2v) is 14.1. The van der Waals surface area contributed by atoms with Crippen molar-refractivity contribution in [2.24, 2.45) is 0 Å². The van der Waals surface area contributed by atoms with Gasteiger partial charge in [0.25, 0.3) is 0 Å². The quantitative estimate of drug-likeness (QED) is 0.183. The van der Waals surface area contributed by atoms with Crippen molar-refractivity contribution in [3.8, 4) is 45.1 Å². The van der Waals surface area contributed by atoms with Crippen LogP contribution in [0, 0.1) is 0 Å². The maximum absolute atomic E-state index is 6.72. The van der Waals surface area contributed by atoms with Crippen molar-refractivity contribution in [3.05, 3.63) is 182 Å². The molecule has 53 heavy (non-hydrogen) atoms. The van der Waals surface area contributed by atoms with Gasteiger partial charge in [-0.25, -0.2) is 0 Å². The van der Waals surface area contributed by atoms with E-state index in [2.05, 4.69) is 185 Å². The van der Waals surface area contributed by atoms with Gasteiger partial charge in [-0.3, -0.25) is 0 Å². The number of ether oxygens (including phenoxy) is 1. The molecule has 0 saturated carbocycles. The fourth-order valence-electron chi connectivity index (χ4n) is 9.00. The fourth-order valence-corrected chi connectivity index (χ4v) is 9.00. The molecule has 246 valence electrons. The topological polar surface area (TPSA) is 19.1 Å². The van der Waals surface area contributed by atoms with E-state index < -0.39 is 0 Å². The summed E-state index contributed by atoms with van der Waals surface area (Å²) in [5.41, 5.74) is 11.8. The van der Waals surface area contributed by atoms with Crippen LogP contribution in [0.25, 0.3) is 98.8 Å². The van der Waals surface area contributed by atoms with E-state index in [1.807, 2.05) is 6.07 Å². The molecule has 0 amide bonds. The highest BCUT2D eigenvalue weighted by Gasteiger charge is 2.25. The van der Waals surface area contributed by atoms with Gasteiger partial charge in [0.15, 0.2) is 0 Å². The highest BCUT2D eigenvalue weighted by Crippen LogP contribution is 2.51. The summed E-state index contributed by atoms with van der Waals surface area (Å²) in [7, 11) is 0. The first-order valence-corrected chi connectivity index (χ1v) is 18.2. The van der Waals surface area contributed by atoms with Crippen molar-refractivity contribution in [2.75, 3.05) is 0 Å². The smallest absolute Gasteiger partial charge is 0.138 e. The summed E-state index contributed by atoms with van der Waals surface area (Å²) in [6.07, 6.45) is 0. The van der Waals surface area contributed by atoms with Gasteiger partial charge in [0.05, 0.1) is 27.8 Å². The van der Waals surface area contributed by atoms with Crippen LogP contribution in [0.1, 0.15) is 0 Å². The highest BCUT2D eigenvalue weighted by molar-refractivity contribution is 6.26. The molecule has 2 aromatic heterocycles. The molecule has 12 rings (SSSR count). The van der Waals surface area contributed by atoms with E-state index in [1.165, 1.54) is 76.6 Å². The van der Waals surface area contributed by atoms with Crippen LogP contribution in [0.3, 0.4) is 0 Å². The zero-order valence-electron chi connectivity index (χ0n) is 28.6. The molecular weight excluding hydrogens is 645 g/mol. The van der Waals surface area contributed by atoms with Crippen molar-refractivity contribution < 1.29 is 4.74 Å². The van der Waals surface area contributed by atoms with Gasteiger partial charge in [-0.15, -0.1) is 0 Å². The van der Waals surface area contributed by atoms with Crippen LogP contribution >= 0.6 is 0 Å². The fraction of sp³-hybridized carbons (Fsp3) is 0. The van der Waals surface area contributed by atoms with Crippen molar-refractivity contribution in [3.63, 3.8) is 0 Å². The van der Waals surface area contributed by atoms with Crippen LogP contribution < -0.4 is 4.74 Å². The van der Waals surface area contributed by atoms with Gasteiger partial charge in [0.2, 0.25) is 0 Å². The van der Waals surface area contributed by atoms with Gasteiger partial charge < -0.3 is 13.9 Å². The Labute approximate surface area is 305 Å². The van der Waals surface area contributed by atoms with Crippen LogP contribution in [0.5, 0.6) is 11.5 Å². The summed E-state index contributed by atoms with van der Waals surface area (Å²) < 4.78 is 11.5. The Balaban J connectivity index is 1.17. The maximum atomic E-state index is 6.72. The molecule has 0 spiro atoms. The average Bonchev–Trinajstić information content (AvgIpc) is 3.73. The number of fused-ring (bicyclic) bond motifs is 10. The molecule has 0 unspecified atom stereocenters. The molecule has 0 fully saturated rings. The second-order valence-electron chi connectivity index (χ2n) is 14.1. The minimum atomic E-state index is 0.894. The van der Waals surface area contributed by atoms with E-state index in [-0.39, 0.29) is 0 Å². The standard InChI is InChI=1S/C50H30N2O/c1-2-14-34(15-3-1)51-43-21-8-6-17-36(43)40-28-32(24-26-44(40)51)33-25-27-45-41(29-33)49-39-20-11-19-38-37-18-7-9-23-47(37)53-48(50(38)39)30-46(49)52(45)42-22-10-13-31-12-4-5-16-35(31)42/h1-30H. The van der Waals surface area contributed by atoms with Crippen molar-refractivity contribution >= 4 is 65.2 Å². The number of benzene rings is 9. The lowest BCUT2D eigenvalue weighted by Gasteiger charge is -2.22. The molecule has 0 bridgehead atoms. The molecule has 0 saturated heterocycles. The highest BCUT2D eigenvalue weighted by atomic mass is 16.5. The monoisotopic (exact) mass is 674 g/mol. The largest absolute Gasteiger partial charge is 0.456 e. The molecular formula is C50H30N2O. The van der Waals surface area contributed by atoms with Crippen molar-refractivity contribution in [1.82, 2.24) is 9.13 Å². The molecule has 3 heteroatoms. The molecule has 3 heterocycles. The Bertz CT molecular complexity index is 3310. The van der Waals surface area contributed by atoms with Gasteiger partial charge >= 0.3 is 0 Å². The second kappa shape index (κ2) is 10.7. The molecule has 0 radical (unpaired) electrons. The Morgan fingerprint density at radius 3 is 1.87 bits per heavy atom. The summed E-state index contributed by atoms with van der Waals surface area (Å²) in [4.78, 5) is 0. The molecule has 0 N–H and O–H groups in total. The van der Waals surface area contributed by atoms with Gasteiger partial charge in [0, 0.05) is 49.6 Å². The van der Waals surface area contributed by atoms with E-state index in [0.717, 1.165) is 33.7 Å². The van der Waals surface area contributed by atoms with Gasteiger partial charge in [-0.1, -0.05) is 121 Å². The molecule has 1 aliphatic rings. The van der Waals surface area contributed by atoms with Gasteiger partial charge in [-0.05, 0) is 82.1 Å². The average molecular weight is 675 g/mol. The summed E-state index contributed by atoms with van der Waals surface area (Å²) in [6, 6.07) is 66.0. The molecule has 9 aromatic carbocycles. The van der Waals surface area contributed by atoms with Crippen LogP contribution in [-0.2, 0) is 0 Å². The Morgan fingerprint density at radius 1 is 0.340 bits per heavy atom. The number of para-hydroxylation sites is 3. The summed E-state index contributed by atoms with van der Waals surface area (Å²) in [5.74, 6) is 1.79. The number of aromatic nitrogens is 2. The van der Waals surface area contributed by atoms with Gasteiger partial charge in [0.1, 0.15) is 11.5 Å². The van der Waals surface area contributed by atoms with Crippen LogP contribution in [-0.4, -0.2) is 9.13 Å². The minimum Gasteiger partial charge on any atom is -0.456 e. The number of rotatable bonds is 3. The Hall–Kier alpha value is -7.10. The lowest BCUT2D eigenvalue weighted by Crippen LogP contribution is -1.99. The van der Waals surface area contributed by atoms with E-state index >= 15 is 0 Å². The predicted octanol–water partition coefficient (Wildman–Crippen LogP) is 13.6. The minimum absolute atomic E-state index is 0.894. The number of hydrogen-bond acceptors (Lipinski definition) is 1. The predicted molar refractivity (Wildman–Crippen MR) is 221 cm³/mol. The van der Waals surface area contributed by atoms with E-state index in [1.54, 1.807) is 0 Å². The number of nitrogens with zero attached hydrogens (tertiary/aromatic N) is 2. The van der Waals surface area contributed by atoms with Crippen molar-refractivity contribution in [1.29, 1.82) is 0 Å². The Kier molecular flexibility index (Phi) is 5.77. The van der Waals surface area contributed by atoms with Crippen molar-refractivity contribution in [2.45, 2.75) is 0 Å². The summed E-state index contributed by atoms with van der Waals surface area (Å²) >= 11 is 0. The lowest BCUT2D eigenvalue weighted by atomic mass is 9.92. The van der Waals surface area contributed by atoms with E-state index in [9.17, 15) is 0 Å². The SMILES string of the molecule is c1ccc(-n2c3ccccc3c3cc(-c4ccc5c(c4)c4c6cccc7c6c(cc4n5-c4cccc5ccccc45)Oc4ccccc4-7)ccc32)cc1.